The third kappa shape index (κ3) is 3.33. The first-order valence-corrected chi connectivity index (χ1v) is 8.50. The minimum absolute atomic E-state index is 0.0707. The van der Waals surface area contributed by atoms with Crippen molar-refractivity contribution in [2.45, 2.75) is 37.6 Å². The van der Waals surface area contributed by atoms with Gasteiger partial charge < -0.3 is 14.2 Å². The van der Waals surface area contributed by atoms with Gasteiger partial charge in [0.1, 0.15) is 5.75 Å². The van der Waals surface area contributed by atoms with E-state index < -0.39 is 0 Å². The van der Waals surface area contributed by atoms with Gasteiger partial charge >= 0.3 is 0 Å². The highest BCUT2D eigenvalue weighted by Crippen LogP contribution is 2.40. The molecule has 1 aliphatic heterocycles. The summed E-state index contributed by atoms with van der Waals surface area (Å²) >= 11 is 0. The molecule has 0 N–H and O–H groups in total. The number of amides is 1. The molecule has 2 heterocycles. The predicted octanol–water partition coefficient (Wildman–Crippen LogP) is 2.56. The van der Waals surface area contributed by atoms with Gasteiger partial charge in [0.05, 0.1) is 17.7 Å². The van der Waals surface area contributed by atoms with E-state index in [2.05, 4.69) is 16.2 Å². The number of nitrogens with zero attached hydrogens (tertiary/aromatic N) is 4. The van der Waals surface area contributed by atoms with Crippen molar-refractivity contribution in [3.63, 3.8) is 0 Å². The molecule has 2 aromatic rings. The largest absolute Gasteiger partial charge is 0.484 e. The van der Waals surface area contributed by atoms with E-state index in [1.54, 1.807) is 29.2 Å². The SMILES string of the molecule is N#Cc1cccc(OCC(=O)N2CCCC2c2noc(C3CC3)n2)c1. The zero-order valence-electron chi connectivity index (χ0n) is 13.7. The molecule has 1 unspecified atom stereocenters. The smallest absolute Gasteiger partial charge is 0.261 e. The maximum absolute atomic E-state index is 12.6. The van der Waals surface area contributed by atoms with Crippen LogP contribution in [0.2, 0.25) is 0 Å². The summed E-state index contributed by atoms with van der Waals surface area (Å²) in [5.74, 6) is 2.10. The van der Waals surface area contributed by atoms with Crippen molar-refractivity contribution in [2.75, 3.05) is 13.2 Å². The molecule has 1 aromatic heterocycles. The van der Waals surface area contributed by atoms with Crippen molar-refractivity contribution in [3.05, 3.63) is 41.5 Å². The fourth-order valence-electron chi connectivity index (χ4n) is 3.10. The second-order valence-corrected chi connectivity index (χ2v) is 6.44. The summed E-state index contributed by atoms with van der Waals surface area (Å²) in [5.41, 5.74) is 0.503. The Hall–Kier alpha value is -2.88. The Bertz CT molecular complexity index is 822. The normalized spacial score (nSPS) is 19.6. The van der Waals surface area contributed by atoms with Crippen LogP contribution in [0.25, 0.3) is 0 Å². The maximum Gasteiger partial charge on any atom is 0.261 e. The predicted molar refractivity (Wildman–Crippen MR) is 86.6 cm³/mol. The number of rotatable bonds is 5. The van der Waals surface area contributed by atoms with Gasteiger partial charge in [0.25, 0.3) is 5.91 Å². The van der Waals surface area contributed by atoms with E-state index in [4.69, 9.17) is 14.5 Å². The summed E-state index contributed by atoms with van der Waals surface area (Å²) < 4.78 is 10.9. The molecule has 128 valence electrons. The van der Waals surface area contributed by atoms with Gasteiger partial charge in [-0.3, -0.25) is 4.79 Å². The molecule has 4 rings (SSSR count). The standard InChI is InChI=1S/C18H18N4O3/c19-10-12-3-1-4-14(9-12)24-11-16(23)22-8-2-5-15(22)17-20-18(25-21-17)13-6-7-13/h1,3-4,9,13,15H,2,5-8,11H2. The van der Waals surface area contributed by atoms with Gasteiger partial charge in [0, 0.05) is 12.5 Å². The van der Waals surface area contributed by atoms with Crippen LogP contribution < -0.4 is 4.74 Å². The molecular weight excluding hydrogens is 320 g/mol. The minimum Gasteiger partial charge on any atom is -0.484 e. The van der Waals surface area contributed by atoms with Crippen molar-refractivity contribution in [2.24, 2.45) is 0 Å². The summed E-state index contributed by atoms with van der Waals surface area (Å²) in [4.78, 5) is 18.8. The molecule has 1 atom stereocenters. The quantitative estimate of drug-likeness (QED) is 0.832. The van der Waals surface area contributed by atoms with Gasteiger partial charge in [-0.1, -0.05) is 11.2 Å². The molecule has 0 bridgehead atoms. The number of nitriles is 1. The molecule has 1 aliphatic carbocycles. The lowest BCUT2D eigenvalue weighted by atomic mass is 10.2. The van der Waals surface area contributed by atoms with E-state index in [0.717, 1.165) is 25.7 Å². The molecule has 1 saturated heterocycles. The first kappa shape index (κ1) is 15.6. The van der Waals surface area contributed by atoms with Gasteiger partial charge in [-0.25, -0.2) is 0 Å². The summed E-state index contributed by atoms with van der Waals surface area (Å²) in [6, 6.07) is 8.69. The van der Waals surface area contributed by atoms with E-state index >= 15 is 0 Å². The number of carbonyl (C=O) groups excluding carboxylic acids is 1. The number of ether oxygens (including phenoxy) is 1. The average molecular weight is 338 g/mol. The van der Waals surface area contributed by atoms with E-state index in [1.165, 1.54) is 0 Å². The van der Waals surface area contributed by atoms with Gasteiger partial charge in [0.15, 0.2) is 12.4 Å². The fraction of sp³-hybridized carbons (Fsp3) is 0.444. The Morgan fingerprint density at radius 3 is 3.08 bits per heavy atom. The van der Waals surface area contributed by atoms with Gasteiger partial charge in [-0.05, 0) is 43.9 Å². The highest BCUT2D eigenvalue weighted by molar-refractivity contribution is 5.78. The van der Waals surface area contributed by atoms with E-state index in [1.807, 2.05) is 0 Å². The summed E-state index contributed by atoms with van der Waals surface area (Å²) in [5, 5.41) is 13.0. The monoisotopic (exact) mass is 338 g/mol. The Labute approximate surface area is 145 Å². The second-order valence-electron chi connectivity index (χ2n) is 6.44. The van der Waals surface area contributed by atoms with Crippen LogP contribution in [0, 0.1) is 11.3 Å². The molecule has 1 amide bonds. The molecule has 2 fully saturated rings. The van der Waals surface area contributed by atoms with Crippen LogP contribution in [0.15, 0.2) is 28.8 Å². The molecule has 7 nitrogen and oxygen atoms in total. The van der Waals surface area contributed by atoms with Crippen LogP contribution in [0.1, 0.15) is 54.9 Å². The van der Waals surface area contributed by atoms with E-state index in [-0.39, 0.29) is 18.6 Å². The summed E-state index contributed by atoms with van der Waals surface area (Å²) in [6.45, 7) is 0.594. The van der Waals surface area contributed by atoms with Crippen LogP contribution in [0.5, 0.6) is 5.75 Å². The van der Waals surface area contributed by atoms with Gasteiger partial charge in [-0.2, -0.15) is 10.2 Å². The van der Waals surface area contributed by atoms with Crippen LogP contribution >= 0.6 is 0 Å². The highest BCUT2D eigenvalue weighted by atomic mass is 16.5. The average Bonchev–Trinajstić information content (AvgIpc) is 3.18. The lowest BCUT2D eigenvalue weighted by molar-refractivity contribution is -0.134. The van der Waals surface area contributed by atoms with Gasteiger partial charge in [-0.15, -0.1) is 0 Å². The summed E-state index contributed by atoms with van der Waals surface area (Å²) in [6.07, 6.45) is 3.95. The number of carbonyl (C=O) groups is 1. The molecule has 0 spiro atoms. The van der Waals surface area contributed by atoms with Crippen LogP contribution in [0.3, 0.4) is 0 Å². The molecule has 25 heavy (non-hydrogen) atoms. The lowest BCUT2D eigenvalue weighted by Crippen LogP contribution is -2.34. The molecule has 7 heteroatoms. The number of hydrogen-bond donors (Lipinski definition) is 0. The van der Waals surface area contributed by atoms with Crippen LogP contribution in [0.4, 0.5) is 0 Å². The second kappa shape index (κ2) is 6.55. The van der Waals surface area contributed by atoms with Gasteiger partial charge in [0.2, 0.25) is 5.89 Å². The lowest BCUT2D eigenvalue weighted by Gasteiger charge is -2.22. The Kier molecular flexibility index (Phi) is 4.10. The summed E-state index contributed by atoms with van der Waals surface area (Å²) in [7, 11) is 0. The highest BCUT2D eigenvalue weighted by Gasteiger charge is 2.36. The zero-order chi connectivity index (χ0) is 17.2. The molecular formula is C18H18N4O3. The van der Waals surface area contributed by atoms with E-state index in [0.29, 0.717) is 35.5 Å². The number of hydrogen-bond acceptors (Lipinski definition) is 6. The van der Waals surface area contributed by atoms with Crippen molar-refractivity contribution in [3.8, 4) is 11.8 Å². The molecule has 1 aromatic carbocycles. The van der Waals surface area contributed by atoms with Crippen molar-refractivity contribution < 1.29 is 14.1 Å². The zero-order valence-corrected chi connectivity index (χ0v) is 13.7. The number of aromatic nitrogens is 2. The minimum atomic E-state index is -0.141. The topological polar surface area (TPSA) is 92.2 Å². The first-order valence-electron chi connectivity index (χ1n) is 8.50. The third-order valence-electron chi connectivity index (χ3n) is 4.58. The Morgan fingerprint density at radius 1 is 1.40 bits per heavy atom. The van der Waals surface area contributed by atoms with E-state index in [9.17, 15) is 4.79 Å². The molecule has 0 radical (unpaired) electrons. The number of benzene rings is 1. The van der Waals surface area contributed by atoms with Crippen molar-refractivity contribution in [1.82, 2.24) is 15.0 Å². The van der Waals surface area contributed by atoms with Crippen molar-refractivity contribution >= 4 is 5.91 Å². The molecule has 2 aliphatic rings. The van der Waals surface area contributed by atoms with Crippen LogP contribution in [-0.4, -0.2) is 34.1 Å². The molecule has 1 saturated carbocycles. The number of likely N-dealkylation sites (tertiary alicyclic amines) is 1. The fourth-order valence-corrected chi connectivity index (χ4v) is 3.10. The third-order valence-corrected chi connectivity index (χ3v) is 4.58. The maximum atomic E-state index is 12.6. The van der Waals surface area contributed by atoms with Crippen molar-refractivity contribution in [1.29, 1.82) is 5.26 Å². The first-order chi connectivity index (χ1) is 12.2. The Balaban J connectivity index is 1.40. The van der Waals surface area contributed by atoms with Crippen LogP contribution in [-0.2, 0) is 4.79 Å². The Morgan fingerprint density at radius 2 is 2.28 bits per heavy atom.